The maximum Gasteiger partial charge on any atom is 0.180 e. The minimum absolute atomic E-state index is 0.316. The number of benzene rings is 3. The molecule has 0 spiro atoms. The van der Waals surface area contributed by atoms with Gasteiger partial charge in [0, 0.05) is 5.02 Å². The summed E-state index contributed by atoms with van der Waals surface area (Å²) in [6.45, 7) is 0.833. The van der Waals surface area contributed by atoms with Crippen molar-refractivity contribution in [3.8, 4) is 23.0 Å². The van der Waals surface area contributed by atoms with Gasteiger partial charge in [0.1, 0.15) is 6.61 Å². The average molecular weight is 475 g/mol. The molecule has 0 unspecified atom stereocenters. The van der Waals surface area contributed by atoms with E-state index in [0.29, 0.717) is 46.2 Å². The highest BCUT2D eigenvalue weighted by Gasteiger charge is 2.12. The topological polar surface area (TPSA) is 61.3 Å². The number of hydrogen-bond acceptors (Lipinski definition) is 6. The molecule has 8 heteroatoms. The minimum Gasteiger partial charge on any atom is -0.493 e. The van der Waals surface area contributed by atoms with Crippen molar-refractivity contribution in [1.29, 1.82) is 0 Å². The summed E-state index contributed by atoms with van der Waals surface area (Å²) in [5.74, 6) is 2.32. The molecule has 168 valence electrons. The molecule has 0 aliphatic heterocycles. The smallest absolute Gasteiger partial charge is 0.180 e. The first-order valence-corrected chi connectivity index (χ1v) is 10.5. The van der Waals surface area contributed by atoms with E-state index in [1.54, 1.807) is 39.7 Å². The van der Waals surface area contributed by atoms with Crippen molar-refractivity contribution in [2.45, 2.75) is 13.2 Å². The van der Waals surface area contributed by atoms with E-state index in [1.807, 2.05) is 42.5 Å². The van der Waals surface area contributed by atoms with Crippen LogP contribution in [0.3, 0.4) is 0 Å². The largest absolute Gasteiger partial charge is 0.493 e. The molecule has 3 aromatic rings. The van der Waals surface area contributed by atoms with Crippen LogP contribution in [0.15, 0.2) is 59.7 Å². The number of ether oxygens (including phenoxy) is 4. The molecule has 3 aromatic carbocycles. The Hall–Kier alpha value is -3.09. The second-order valence-corrected chi connectivity index (χ2v) is 7.58. The zero-order chi connectivity index (χ0) is 22.9. The predicted molar refractivity (Wildman–Crippen MR) is 128 cm³/mol. The van der Waals surface area contributed by atoms with Crippen LogP contribution in [0.25, 0.3) is 0 Å². The SMILES string of the molecule is COc1ccc(CN/N=C/c2cc(Cl)c(OCc3cccc(Cl)c3)c(OC)c2)cc1OC. The first-order chi connectivity index (χ1) is 15.5. The number of halogens is 2. The van der Waals surface area contributed by atoms with Crippen molar-refractivity contribution >= 4 is 29.4 Å². The standard InChI is InChI=1S/C24H24Cl2N2O4/c1-29-21-8-7-16(11-22(21)30-2)13-27-28-14-18-10-20(26)24(23(12-18)31-3)32-15-17-5-4-6-19(25)9-17/h4-12,14,27H,13,15H2,1-3H3/b28-14+. The molecule has 0 radical (unpaired) electrons. The molecule has 0 bridgehead atoms. The number of hydrogen-bond donors (Lipinski definition) is 1. The molecule has 3 rings (SSSR count). The van der Waals surface area contributed by atoms with Crippen LogP contribution in [0, 0.1) is 0 Å². The van der Waals surface area contributed by atoms with E-state index >= 15 is 0 Å². The zero-order valence-corrected chi connectivity index (χ0v) is 19.5. The maximum atomic E-state index is 6.44. The summed E-state index contributed by atoms with van der Waals surface area (Å²) in [6, 6.07) is 16.7. The molecular weight excluding hydrogens is 451 g/mol. The Morgan fingerprint density at radius 2 is 1.62 bits per heavy atom. The van der Waals surface area contributed by atoms with Gasteiger partial charge in [-0.05, 0) is 53.1 Å². The Morgan fingerprint density at radius 3 is 2.34 bits per heavy atom. The van der Waals surface area contributed by atoms with Crippen molar-refractivity contribution in [1.82, 2.24) is 5.43 Å². The fourth-order valence-electron chi connectivity index (χ4n) is 2.98. The van der Waals surface area contributed by atoms with Crippen LogP contribution >= 0.6 is 23.2 Å². The molecule has 0 heterocycles. The Morgan fingerprint density at radius 1 is 0.844 bits per heavy atom. The van der Waals surface area contributed by atoms with E-state index < -0.39 is 0 Å². The summed E-state index contributed by atoms with van der Waals surface area (Å²) in [6.07, 6.45) is 1.66. The van der Waals surface area contributed by atoms with E-state index in [0.717, 1.165) is 16.7 Å². The molecule has 0 amide bonds. The third-order valence-corrected chi connectivity index (χ3v) is 5.08. The number of nitrogens with one attached hydrogen (secondary N) is 1. The Bertz CT molecular complexity index is 1090. The van der Waals surface area contributed by atoms with Crippen molar-refractivity contribution in [3.05, 3.63) is 81.3 Å². The van der Waals surface area contributed by atoms with Crippen LogP contribution in [-0.4, -0.2) is 27.5 Å². The van der Waals surface area contributed by atoms with E-state index in [1.165, 1.54) is 0 Å². The van der Waals surface area contributed by atoms with Gasteiger partial charge in [-0.1, -0.05) is 41.4 Å². The quantitative estimate of drug-likeness (QED) is 0.300. The molecule has 0 saturated carbocycles. The number of methoxy groups -OCH3 is 3. The van der Waals surface area contributed by atoms with Gasteiger partial charge in [0.15, 0.2) is 23.0 Å². The summed E-state index contributed by atoms with van der Waals surface area (Å²) in [4.78, 5) is 0. The van der Waals surface area contributed by atoms with Crippen LogP contribution in [0.4, 0.5) is 0 Å². The van der Waals surface area contributed by atoms with Crippen molar-refractivity contribution in [2.24, 2.45) is 5.10 Å². The number of rotatable bonds is 10. The summed E-state index contributed by atoms with van der Waals surface area (Å²) >= 11 is 12.5. The van der Waals surface area contributed by atoms with E-state index in [2.05, 4.69) is 10.5 Å². The highest BCUT2D eigenvalue weighted by atomic mass is 35.5. The lowest BCUT2D eigenvalue weighted by Gasteiger charge is -2.13. The second-order valence-electron chi connectivity index (χ2n) is 6.74. The minimum atomic E-state index is 0.316. The van der Waals surface area contributed by atoms with Crippen LogP contribution in [0.2, 0.25) is 10.0 Å². The molecule has 6 nitrogen and oxygen atoms in total. The van der Waals surface area contributed by atoms with Crippen molar-refractivity contribution in [2.75, 3.05) is 21.3 Å². The fourth-order valence-corrected chi connectivity index (χ4v) is 3.47. The van der Waals surface area contributed by atoms with E-state index in [-0.39, 0.29) is 0 Å². The second kappa shape index (κ2) is 11.5. The molecule has 32 heavy (non-hydrogen) atoms. The van der Waals surface area contributed by atoms with Crippen molar-refractivity contribution in [3.63, 3.8) is 0 Å². The molecule has 0 aliphatic rings. The molecule has 0 aromatic heterocycles. The van der Waals surface area contributed by atoms with Crippen LogP contribution in [-0.2, 0) is 13.2 Å². The van der Waals surface area contributed by atoms with Crippen LogP contribution in [0.5, 0.6) is 23.0 Å². The molecule has 0 aliphatic carbocycles. The normalized spacial score (nSPS) is 10.8. The Kier molecular flexibility index (Phi) is 8.48. The lowest BCUT2D eigenvalue weighted by atomic mass is 10.2. The summed E-state index contributed by atoms with van der Waals surface area (Å²) < 4.78 is 21.9. The first kappa shape index (κ1) is 23.6. The van der Waals surface area contributed by atoms with Crippen LogP contribution in [0.1, 0.15) is 16.7 Å². The third-order valence-electron chi connectivity index (χ3n) is 4.56. The Balaban J connectivity index is 1.64. The van der Waals surface area contributed by atoms with E-state index in [4.69, 9.17) is 42.1 Å². The number of nitrogens with zero attached hydrogens (tertiary/aromatic N) is 1. The summed E-state index contributed by atoms with van der Waals surface area (Å²) in [5, 5.41) is 5.34. The fraction of sp³-hybridized carbons (Fsp3) is 0.208. The lowest BCUT2D eigenvalue weighted by molar-refractivity contribution is 0.284. The summed E-state index contributed by atoms with van der Waals surface area (Å²) in [5.41, 5.74) is 5.70. The van der Waals surface area contributed by atoms with Gasteiger partial charge in [0.25, 0.3) is 0 Å². The monoisotopic (exact) mass is 474 g/mol. The van der Waals surface area contributed by atoms with Gasteiger partial charge < -0.3 is 24.4 Å². The number of hydrazone groups is 1. The van der Waals surface area contributed by atoms with Gasteiger partial charge >= 0.3 is 0 Å². The molecule has 0 saturated heterocycles. The highest BCUT2D eigenvalue weighted by Crippen LogP contribution is 2.36. The first-order valence-electron chi connectivity index (χ1n) is 9.75. The lowest BCUT2D eigenvalue weighted by Crippen LogP contribution is -2.06. The maximum absolute atomic E-state index is 6.44. The molecule has 1 N–H and O–H groups in total. The molecule has 0 atom stereocenters. The van der Waals surface area contributed by atoms with E-state index in [9.17, 15) is 0 Å². The third kappa shape index (κ3) is 6.22. The van der Waals surface area contributed by atoms with Gasteiger partial charge in [0.05, 0.1) is 39.1 Å². The van der Waals surface area contributed by atoms with Gasteiger partial charge in [0.2, 0.25) is 0 Å². The van der Waals surface area contributed by atoms with Gasteiger partial charge in [-0.2, -0.15) is 5.10 Å². The molecular formula is C24H24Cl2N2O4. The van der Waals surface area contributed by atoms with Crippen molar-refractivity contribution < 1.29 is 18.9 Å². The van der Waals surface area contributed by atoms with Crippen LogP contribution < -0.4 is 24.4 Å². The predicted octanol–water partition coefficient (Wildman–Crippen LogP) is 5.72. The highest BCUT2D eigenvalue weighted by molar-refractivity contribution is 6.32. The van der Waals surface area contributed by atoms with Gasteiger partial charge in [-0.25, -0.2) is 0 Å². The van der Waals surface area contributed by atoms with Gasteiger partial charge in [-0.15, -0.1) is 0 Å². The Labute approximate surface area is 197 Å². The average Bonchev–Trinajstić information content (AvgIpc) is 2.80. The molecule has 0 fully saturated rings. The zero-order valence-electron chi connectivity index (χ0n) is 18.0. The van der Waals surface area contributed by atoms with Gasteiger partial charge in [-0.3, -0.25) is 0 Å². The summed E-state index contributed by atoms with van der Waals surface area (Å²) in [7, 11) is 4.77.